The van der Waals surface area contributed by atoms with E-state index in [0.717, 1.165) is 12.3 Å². The van der Waals surface area contributed by atoms with E-state index in [1.165, 1.54) is 24.0 Å². The number of amides is 4. The minimum Gasteiger partial charge on any atom is -0.483 e. The van der Waals surface area contributed by atoms with E-state index < -0.39 is 95.3 Å². The number of hydrogen-bond acceptors (Lipinski definition) is 12. The summed E-state index contributed by atoms with van der Waals surface area (Å²) in [6.45, 7) is 6.12. The first-order valence-corrected chi connectivity index (χ1v) is 24.7. The largest absolute Gasteiger partial charge is 0.573 e. The van der Waals surface area contributed by atoms with Crippen molar-refractivity contribution < 1.29 is 63.4 Å². The number of nitrogens with one attached hydrogen (secondary N) is 3. The fourth-order valence-corrected chi connectivity index (χ4v) is 10.9. The number of pyridine rings is 1. The molecule has 0 unspecified atom stereocenters. The van der Waals surface area contributed by atoms with Crippen molar-refractivity contribution in [2.45, 2.75) is 145 Å². The van der Waals surface area contributed by atoms with Crippen LogP contribution in [0.2, 0.25) is 0 Å². The van der Waals surface area contributed by atoms with Crippen molar-refractivity contribution in [1.82, 2.24) is 25.2 Å². The Morgan fingerprint density at radius 2 is 1.79 bits per heavy atom. The smallest absolute Gasteiger partial charge is 0.483 e. The van der Waals surface area contributed by atoms with E-state index in [2.05, 4.69) is 25.1 Å². The number of allylic oxidation sites excluding steroid dienone is 1. The number of carbonyl (C=O) groups excluding carboxylic acids is 4. The molecule has 7 rings (SSSR count). The van der Waals surface area contributed by atoms with Crippen molar-refractivity contribution in [2.24, 2.45) is 5.92 Å². The molecule has 0 bridgehead atoms. The number of benzene rings is 1. The maximum absolute atomic E-state index is 14.9. The Morgan fingerprint density at radius 1 is 1.06 bits per heavy atom. The first-order valence-electron chi connectivity index (χ1n) is 21.1. The highest BCUT2D eigenvalue weighted by Gasteiger charge is 2.64. The molecule has 16 nitrogen and oxygen atoms in total. The standard InChI is InChI=1S/C42H54F3N5O11S2/c1-25-33-28(29-21-27(59-42(43,44)45)13-14-30(29)46-25)15-16-40(60-33)23-32-34(51)48-41(36(53)49-63(57,58)39(4)17-18-39)22-26(41)11-9-7-6-8-10-12-31(35(52)50(32)24-40)47-37(54)61-38(2,3)19-20-62(5,55)56/h9,11,13-14,21,26,31-32H,6-8,10,12,15-20,22-24H2,1-5H3,(H,47,54)(H,48,51)(H,49,53)/b11-9-/t26-,31+,32+,40-,41-/m1/s1. The molecule has 21 heteroatoms. The molecule has 63 heavy (non-hydrogen) atoms. The molecule has 1 aromatic carbocycles. The highest BCUT2D eigenvalue weighted by molar-refractivity contribution is 7.91. The van der Waals surface area contributed by atoms with Gasteiger partial charge in [-0.15, -0.1) is 13.2 Å². The second kappa shape index (κ2) is 16.4. The number of carbonyl (C=O) groups is 4. The van der Waals surface area contributed by atoms with E-state index >= 15 is 0 Å². The molecule has 4 heterocycles. The van der Waals surface area contributed by atoms with Gasteiger partial charge in [0.05, 0.1) is 28.3 Å². The Bertz CT molecular complexity index is 2460. The number of nitrogens with zero attached hydrogens (tertiary/aromatic N) is 2. The highest BCUT2D eigenvalue weighted by Crippen LogP contribution is 2.49. The number of aryl methyl sites for hydroxylation is 2. The van der Waals surface area contributed by atoms with Gasteiger partial charge in [0.1, 0.15) is 50.2 Å². The molecule has 5 atom stereocenters. The molecule has 2 saturated carbocycles. The predicted molar refractivity (Wildman–Crippen MR) is 223 cm³/mol. The summed E-state index contributed by atoms with van der Waals surface area (Å²) in [5.74, 6) is -3.27. The zero-order valence-corrected chi connectivity index (χ0v) is 37.5. The minimum absolute atomic E-state index is 0.0157. The lowest BCUT2D eigenvalue weighted by molar-refractivity contribution is -0.274. The molecule has 2 aliphatic carbocycles. The summed E-state index contributed by atoms with van der Waals surface area (Å²) in [7, 11) is -7.48. The summed E-state index contributed by atoms with van der Waals surface area (Å²) in [5.41, 5.74) is -2.76. The number of alkyl halides is 3. The van der Waals surface area contributed by atoms with Crippen molar-refractivity contribution in [1.29, 1.82) is 0 Å². The van der Waals surface area contributed by atoms with E-state index in [4.69, 9.17) is 9.47 Å². The van der Waals surface area contributed by atoms with Gasteiger partial charge in [-0.25, -0.2) is 26.6 Å². The molecule has 2 aromatic rings. The summed E-state index contributed by atoms with van der Waals surface area (Å²) in [5, 5.41) is 5.88. The number of ether oxygens (including phenoxy) is 3. The normalized spacial score (nSPS) is 27.9. The molecule has 5 aliphatic rings. The maximum atomic E-state index is 14.9. The second-order valence-corrected chi connectivity index (χ2v) is 23.1. The van der Waals surface area contributed by atoms with Crippen LogP contribution in [0.1, 0.15) is 103 Å². The third-order valence-electron chi connectivity index (χ3n) is 12.9. The van der Waals surface area contributed by atoms with Crippen molar-refractivity contribution in [3.05, 3.63) is 41.6 Å². The summed E-state index contributed by atoms with van der Waals surface area (Å²) in [4.78, 5) is 63.0. The highest BCUT2D eigenvalue weighted by atomic mass is 32.2. The van der Waals surface area contributed by atoms with Crippen LogP contribution >= 0.6 is 0 Å². The molecule has 346 valence electrons. The van der Waals surface area contributed by atoms with Gasteiger partial charge in [0.25, 0.3) is 5.91 Å². The van der Waals surface area contributed by atoms with Gasteiger partial charge in [-0.05, 0) is 97.3 Å². The van der Waals surface area contributed by atoms with E-state index in [0.29, 0.717) is 60.7 Å². The summed E-state index contributed by atoms with van der Waals surface area (Å²) < 4.78 is 107. The molecule has 0 radical (unpaired) electrons. The van der Waals surface area contributed by atoms with Gasteiger partial charge in [-0.1, -0.05) is 25.0 Å². The molecular weight excluding hydrogens is 872 g/mol. The summed E-state index contributed by atoms with van der Waals surface area (Å²) in [6.07, 6.45) is 2.52. The summed E-state index contributed by atoms with van der Waals surface area (Å²) >= 11 is 0. The lowest BCUT2D eigenvalue weighted by Crippen LogP contribution is -2.58. The van der Waals surface area contributed by atoms with Crippen LogP contribution in [-0.2, 0) is 45.4 Å². The van der Waals surface area contributed by atoms with E-state index in [-0.39, 0.29) is 56.6 Å². The summed E-state index contributed by atoms with van der Waals surface area (Å²) in [6, 6.07) is 1.29. The van der Waals surface area contributed by atoms with Crippen LogP contribution in [0.5, 0.6) is 11.5 Å². The number of rotatable bonds is 9. The molecule has 4 amide bonds. The van der Waals surface area contributed by atoms with E-state index in [9.17, 15) is 49.2 Å². The zero-order valence-electron chi connectivity index (χ0n) is 35.9. The number of fused-ring (bicyclic) bond motifs is 5. The van der Waals surface area contributed by atoms with Crippen LogP contribution in [0.3, 0.4) is 0 Å². The van der Waals surface area contributed by atoms with Crippen LogP contribution in [0.15, 0.2) is 30.4 Å². The minimum atomic E-state index is -4.93. The third kappa shape index (κ3) is 10.2. The number of aromatic nitrogens is 1. The van der Waals surface area contributed by atoms with Crippen LogP contribution in [-0.4, -0.2) is 109 Å². The number of sulfone groups is 1. The molecule has 1 aromatic heterocycles. The van der Waals surface area contributed by atoms with Crippen molar-refractivity contribution in [3.63, 3.8) is 0 Å². The average Bonchev–Trinajstić information content (AvgIpc) is 4.06. The Hall–Kier alpha value is -4.66. The Morgan fingerprint density at radius 3 is 2.48 bits per heavy atom. The Labute approximate surface area is 364 Å². The van der Waals surface area contributed by atoms with Gasteiger partial charge in [-0.2, -0.15) is 0 Å². The van der Waals surface area contributed by atoms with E-state index in [1.807, 2.05) is 6.08 Å². The van der Waals surface area contributed by atoms with Gasteiger partial charge in [-0.3, -0.25) is 19.1 Å². The number of sulfonamides is 1. The van der Waals surface area contributed by atoms with Crippen molar-refractivity contribution in [3.8, 4) is 11.5 Å². The third-order valence-corrected chi connectivity index (χ3v) is 16.0. The van der Waals surface area contributed by atoms with E-state index in [1.54, 1.807) is 26.8 Å². The molecule has 3 fully saturated rings. The van der Waals surface area contributed by atoms with Crippen LogP contribution in [0.25, 0.3) is 10.9 Å². The number of halogens is 3. The topological polar surface area (TPSA) is 216 Å². The lowest BCUT2D eigenvalue weighted by atomic mass is 9.87. The fourth-order valence-electron chi connectivity index (χ4n) is 8.77. The lowest BCUT2D eigenvalue weighted by Gasteiger charge is -2.37. The molecule has 1 spiro atoms. The van der Waals surface area contributed by atoms with Crippen LogP contribution in [0.4, 0.5) is 18.0 Å². The first-order chi connectivity index (χ1) is 29.2. The number of alkyl carbamates (subject to hydrolysis) is 1. The Balaban J connectivity index is 1.22. The quantitative estimate of drug-likeness (QED) is 0.289. The van der Waals surface area contributed by atoms with Gasteiger partial charge in [0, 0.05) is 36.0 Å². The van der Waals surface area contributed by atoms with Crippen LogP contribution in [0, 0.1) is 12.8 Å². The van der Waals surface area contributed by atoms with Gasteiger partial charge in [0.15, 0.2) is 0 Å². The molecular formula is C42H54F3N5O11S2. The number of hydrogen-bond donors (Lipinski definition) is 3. The molecule has 1 saturated heterocycles. The molecule has 3 N–H and O–H groups in total. The van der Waals surface area contributed by atoms with Crippen molar-refractivity contribution >= 4 is 54.6 Å². The average molecular weight is 926 g/mol. The Kier molecular flexibility index (Phi) is 12.1. The van der Waals surface area contributed by atoms with Gasteiger partial charge >= 0.3 is 12.5 Å². The van der Waals surface area contributed by atoms with Gasteiger partial charge in [0.2, 0.25) is 21.8 Å². The predicted octanol–water partition coefficient (Wildman–Crippen LogP) is 4.81. The molecule has 3 aliphatic heterocycles. The second-order valence-electron chi connectivity index (χ2n) is 18.7. The monoisotopic (exact) mass is 925 g/mol. The SMILES string of the molecule is Cc1nc2ccc(OC(F)(F)F)cc2c2c1O[C@]1(CC2)C[C@H]2C(=O)N[C@]3(C(=O)NS(=O)(=O)C4(C)CC4)C[C@H]3/C=C\CCCCC[C@H](NC(=O)OC(C)(C)CCS(C)(=O)=O)C(=O)N2C1. The van der Waals surface area contributed by atoms with Crippen molar-refractivity contribution in [2.75, 3.05) is 18.6 Å². The fraction of sp³-hybridized carbons (Fsp3) is 0.643. The maximum Gasteiger partial charge on any atom is 0.573 e. The zero-order chi connectivity index (χ0) is 46.0. The van der Waals surface area contributed by atoms with Crippen LogP contribution < -0.4 is 24.8 Å². The first kappa shape index (κ1) is 46.3. The van der Waals surface area contributed by atoms with Gasteiger partial charge < -0.3 is 29.7 Å².